The maximum atomic E-state index is 13.7. The van der Waals surface area contributed by atoms with Gasteiger partial charge in [-0.3, -0.25) is 9.59 Å². The summed E-state index contributed by atoms with van der Waals surface area (Å²) in [5, 5.41) is 14.9. The first-order chi connectivity index (χ1) is 16.8. The Kier molecular flexibility index (Phi) is 7.31. The lowest BCUT2D eigenvalue weighted by atomic mass is 10.1. The van der Waals surface area contributed by atoms with Crippen LogP contribution in [-0.4, -0.2) is 33.8 Å². The van der Waals surface area contributed by atoms with Crippen LogP contribution in [0.25, 0.3) is 22.0 Å². The number of thioether (sulfide) groups is 1. The van der Waals surface area contributed by atoms with Crippen LogP contribution in [0, 0.1) is 17.5 Å². The third-order valence-electron chi connectivity index (χ3n) is 5.09. The molecule has 0 saturated heterocycles. The number of hydrogen-bond acceptors (Lipinski definition) is 5. The summed E-state index contributed by atoms with van der Waals surface area (Å²) in [5.74, 6) is -5.83. The molecule has 3 aromatic carbocycles. The Hall–Kier alpha value is -3.92. The first-order valence-corrected chi connectivity index (χ1v) is 11.4. The Bertz CT molecular complexity index is 1400. The fraction of sp³-hybridized carbons (Fsp3) is 0.120. The molecule has 0 aliphatic heterocycles. The van der Waals surface area contributed by atoms with E-state index in [-0.39, 0.29) is 0 Å². The number of amides is 2. The van der Waals surface area contributed by atoms with Crippen LogP contribution in [-0.2, 0) is 9.59 Å². The number of carbonyl (C=O) groups excluding carboxylic acids is 2. The van der Waals surface area contributed by atoms with Crippen molar-refractivity contribution in [2.24, 2.45) is 0 Å². The van der Waals surface area contributed by atoms with E-state index in [2.05, 4.69) is 20.8 Å². The summed E-state index contributed by atoms with van der Waals surface area (Å²) in [4.78, 5) is 24.6. The standard InChI is InChI=1S/C25H19F3N4O2S/c1-14(24(34)29-13-20(33)30-19-12-11-18(26)21(27)22(19)28)35-25-17-10-6-5-9-16(17)23(31-32-25)15-7-3-2-4-8-15/h2-12,14H,13H2,1H3,(H,29,34)(H,30,33)/t14-/m1/s1. The first kappa shape index (κ1) is 24.2. The molecule has 0 spiro atoms. The van der Waals surface area contributed by atoms with Crippen molar-refractivity contribution in [3.63, 3.8) is 0 Å². The van der Waals surface area contributed by atoms with Crippen molar-refractivity contribution >= 4 is 40.0 Å². The summed E-state index contributed by atoms with van der Waals surface area (Å²) in [6, 6.07) is 18.8. The van der Waals surface area contributed by atoms with Gasteiger partial charge < -0.3 is 10.6 Å². The van der Waals surface area contributed by atoms with Gasteiger partial charge in [0.2, 0.25) is 11.8 Å². The Labute approximate surface area is 203 Å². The number of nitrogens with zero attached hydrogens (tertiary/aromatic N) is 2. The summed E-state index contributed by atoms with van der Waals surface area (Å²) in [6.45, 7) is 1.16. The highest BCUT2D eigenvalue weighted by molar-refractivity contribution is 8.00. The van der Waals surface area contributed by atoms with Gasteiger partial charge in [-0.05, 0) is 19.1 Å². The van der Waals surface area contributed by atoms with Crippen molar-refractivity contribution in [2.75, 3.05) is 11.9 Å². The van der Waals surface area contributed by atoms with Crippen molar-refractivity contribution in [1.82, 2.24) is 15.5 Å². The molecule has 1 heterocycles. The Balaban J connectivity index is 1.42. The Morgan fingerprint density at radius 2 is 1.57 bits per heavy atom. The molecule has 0 aliphatic rings. The second-order valence-corrected chi connectivity index (χ2v) is 8.84. The van der Waals surface area contributed by atoms with Gasteiger partial charge in [0.25, 0.3) is 0 Å². The predicted octanol–water partition coefficient (Wildman–Crippen LogP) is 4.95. The summed E-state index contributed by atoms with van der Waals surface area (Å²) in [6.07, 6.45) is 0. The van der Waals surface area contributed by atoms with Crippen LogP contribution in [0.1, 0.15) is 6.92 Å². The maximum absolute atomic E-state index is 13.7. The molecule has 1 aromatic heterocycles. The number of aromatic nitrogens is 2. The molecule has 0 aliphatic carbocycles. The van der Waals surface area contributed by atoms with Crippen LogP contribution in [0.3, 0.4) is 0 Å². The largest absolute Gasteiger partial charge is 0.346 e. The number of carbonyl (C=O) groups is 2. The number of nitrogens with one attached hydrogen (secondary N) is 2. The van der Waals surface area contributed by atoms with E-state index in [0.29, 0.717) is 11.1 Å². The molecular formula is C25H19F3N4O2S. The highest BCUT2D eigenvalue weighted by atomic mass is 32.2. The molecule has 0 bridgehead atoms. The van der Waals surface area contributed by atoms with Crippen molar-refractivity contribution in [3.8, 4) is 11.3 Å². The van der Waals surface area contributed by atoms with Gasteiger partial charge in [-0.15, -0.1) is 10.2 Å². The molecule has 4 rings (SSSR count). The zero-order valence-corrected chi connectivity index (χ0v) is 19.2. The van der Waals surface area contributed by atoms with Crippen molar-refractivity contribution in [2.45, 2.75) is 17.2 Å². The number of anilines is 1. The van der Waals surface area contributed by atoms with E-state index < -0.39 is 46.7 Å². The van der Waals surface area contributed by atoms with E-state index in [1.807, 2.05) is 54.6 Å². The van der Waals surface area contributed by atoms with E-state index in [9.17, 15) is 22.8 Å². The SMILES string of the molecule is C[C@@H](Sc1nnc(-c2ccccc2)c2ccccc12)C(=O)NCC(=O)Nc1ccc(F)c(F)c1F. The lowest BCUT2D eigenvalue weighted by molar-refractivity contribution is -0.123. The van der Waals surface area contributed by atoms with Crippen LogP contribution < -0.4 is 10.6 Å². The summed E-state index contributed by atoms with van der Waals surface area (Å²) >= 11 is 1.18. The second-order valence-electron chi connectivity index (χ2n) is 7.51. The van der Waals surface area contributed by atoms with Gasteiger partial charge in [0, 0.05) is 16.3 Å². The molecule has 0 saturated carbocycles. The average Bonchev–Trinajstić information content (AvgIpc) is 2.88. The van der Waals surface area contributed by atoms with E-state index in [4.69, 9.17) is 0 Å². The van der Waals surface area contributed by atoms with Crippen LogP contribution in [0.2, 0.25) is 0 Å². The highest BCUT2D eigenvalue weighted by Gasteiger charge is 2.20. The van der Waals surface area contributed by atoms with Crippen LogP contribution in [0.15, 0.2) is 71.8 Å². The summed E-state index contributed by atoms with van der Waals surface area (Å²) in [5.41, 5.74) is 1.12. The average molecular weight is 497 g/mol. The van der Waals surface area contributed by atoms with Gasteiger partial charge in [-0.2, -0.15) is 0 Å². The normalized spacial score (nSPS) is 11.8. The number of benzene rings is 3. The van der Waals surface area contributed by atoms with Crippen LogP contribution >= 0.6 is 11.8 Å². The Morgan fingerprint density at radius 1 is 0.886 bits per heavy atom. The van der Waals surface area contributed by atoms with E-state index in [1.54, 1.807) is 6.92 Å². The lowest BCUT2D eigenvalue weighted by Crippen LogP contribution is -2.37. The second kappa shape index (κ2) is 10.6. The number of fused-ring (bicyclic) bond motifs is 1. The fourth-order valence-electron chi connectivity index (χ4n) is 3.32. The third kappa shape index (κ3) is 5.43. The van der Waals surface area contributed by atoms with Crippen molar-refractivity contribution in [3.05, 3.63) is 84.2 Å². The van der Waals surface area contributed by atoms with E-state index >= 15 is 0 Å². The summed E-state index contributed by atoms with van der Waals surface area (Å²) < 4.78 is 40.1. The molecule has 2 amide bonds. The van der Waals surface area contributed by atoms with Crippen LogP contribution in [0.5, 0.6) is 0 Å². The molecular weight excluding hydrogens is 477 g/mol. The van der Waals surface area contributed by atoms with Crippen LogP contribution in [0.4, 0.5) is 18.9 Å². The quantitative estimate of drug-likeness (QED) is 0.279. The molecule has 0 unspecified atom stereocenters. The third-order valence-corrected chi connectivity index (χ3v) is 6.18. The van der Waals surface area contributed by atoms with Crippen molar-refractivity contribution < 1.29 is 22.8 Å². The monoisotopic (exact) mass is 496 g/mol. The molecule has 10 heteroatoms. The molecule has 1 atom stereocenters. The van der Waals surface area contributed by atoms with Gasteiger partial charge in [0.15, 0.2) is 17.5 Å². The fourth-order valence-corrected chi connectivity index (χ4v) is 4.24. The number of hydrogen-bond donors (Lipinski definition) is 2. The van der Waals surface area contributed by atoms with Crippen molar-refractivity contribution in [1.29, 1.82) is 0 Å². The van der Waals surface area contributed by atoms with Gasteiger partial charge in [-0.1, -0.05) is 66.4 Å². The number of rotatable bonds is 7. The van der Waals surface area contributed by atoms with Gasteiger partial charge in [-0.25, -0.2) is 13.2 Å². The first-order valence-electron chi connectivity index (χ1n) is 10.5. The maximum Gasteiger partial charge on any atom is 0.243 e. The minimum atomic E-state index is -1.69. The minimum Gasteiger partial charge on any atom is -0.346 e. The number of halogens is 3. The lowest BCUT2D eigenvalue weighted by Gasteiger charge is -2.14. The zero-order valence-electron chi connectivity index (χ0n) is 18.4. The topological polar surface area (TPSA) is 84.0 Å². The molecule has 0 fully saturated rings. The molecule has 2 N–H and O–H groups in total. The molecule has 0 radical (unpaired) electrons. The van der Waals surface area contributed by atoms with Gasteiger partial charge in [0.05, 0.1) is 17.5 Å². The predicted molar refractivity (Wildman–Crippen MR) is 128 cm³/mol. The van der Waals surface area contributed by atoms with Gasteiger partial charge >= 0.3 is 0 Å². The minimum absolute atomic E-state index is 0.464. The zero-order chi connectivity index (χ0) is 24.9. The smallest absolute Gasteiger partial charge is 0.243 e. The van der Waals surface area contributed by atoms with E-state index in [1.165, 1.54) is 11.8 Å². The van der Waals surface area contributed by atoms with Gasteiger partial charge in [0.1, 0.15) is 10.7 Å². The molecule has 4 aromatic rings. The molecule has 6 nitrogen and oxygen atoms in total. The van der Waals surface area contributed by atoms with E-state index in [0.717, 1.165) is 28.1 Å². The summed E-state index contributed by atoms with van der Waals surface area (Å²) in [7, 11) is 0. The highest BCUT2D eigenvalue weighted by Crippen LogP contribution is 2.33. The Morgan fingerprint density at radius 3 is 2.31 bits per heavy atom. The molecule has 178 valence electrons. The molecule has 35 heavy (non-hydrogen) atoms.